The quantitative estimate of drug-likeness (QED) is 0.254. The fourth-order valence-corrected chi connectivity index (χ4v) is 3.88. The topological polar surface area (TPSA) is 99.4 Å². The second-order valence-corrected chi connectivity index (χ2v) is 8.52. The molecule has 0 spiro atoms. The maximum absolute atomic E-state index is 9.91. The van der Waals surface area contributed by atoms with E-state index in [9.17, 15) is 15.3 Å². The van der Waals surface area contributed by atoms with Gasteiger partial charge in [0, 0.05) is 6.61 Å². The van der Waals surface area contributed by atoms with E-state index < -0.39 is 37.3 Å². The molecular weight excluding hydrogens is 372 g/mol. The normalized spacial score (nSPS) is 27.4. The van der Waals surface area contributed by atoms with Crippen LogP contribution < -0.4 is 0 Å². The van der Waals surface area contributed by atoms with Crippen LogP contribution in [-0.4, -0.2) is 64.3 Å². The van der Waals surface area contributed by atoms with Crippen LogP contribution in [-0.2, 0) is 9.47 Å². The van der Waals surface area contributed by atoms with Crippen molar-refractivity contribution in [2.24, 2.45) is 0 Å². The number of ether oxygens (including phenoxy) is 2. The molecule has 1 fully saturated rings. The Morgan fingerprint density at radius 2 is 1.07 bits per heavy atom. The number of aliphatic hydroxyl groups excluding tert-OH is 4. The van der Waals surface area contributed by atoms with Crippen molar-refractivity contribution in [3.05, 3.63) is 0 Å². The van der Waals surface area contributed by atoms with Crippen molar-refractivity contribution in [2.45, 2.75) is 134 Å². The predicted molar refractivity (Wildman–Crippen MR) is 115 cm³/mol. The Morgan fingerprint density at radius 3 is 1.52 bits per heavy atom. The Balaban J connectivity index is 1.88. The van der Waals surface area contributed by atoms with Crippen LogP contribution in [0.2, 0.25) is 0 Å². The van der Waals surface area contributed by atoms with E-state index in [-0.39, 0.29) is 0 Å². The average Bonchev–Trinajstić information content (AvgIpc) is 2.73. The van der Waals surface area contributed by atoms with E-state index >= 15 is 0 Å². The van der Waals surface area contributed by atoms with Gasteiger partial charge in [0.05, 0.1) is 6.61 Å². The molecule has 1 rings (SSSR count). The molecule has 0 bridgehead atoms. The molecule has 5 atom stereocenters. The van der Waals surface area contributed by atoms with Crippen LogP contribution in [0.4, 0.5) is 0 Å². The number of rotatable bonds is 18. The number of hydrogen-bond donors (Lipinski definition) is 4. The molecule has 0 aromatic rings. The van der Waals surface area contributed by atoms with E-state index in [0.717, 1.165) is 12.8 Å². The van der Waals surface area contributed by atoms with Gasteiger partial charge in [-0.1, -0.05) is 96.8 Å². The lowest BCUT2D eigenvalue weighted by molar-refractivity contribution is -0.301. The monoisotopic (exact) mass is 418 g/mol. The molecule has 0 aromatic carbocycles. The van der Waals surface area contributed by atoms with Gasteiger partial charge < -0.3 is 29.9 Å². The summed E-state index contributed by atoms with van der Waals surface area (Å²) >= 11 is 0. The highest BCUT2D eigenvalue weighted by molar-refractivity contribution is 4.88. The fourth-order valence-electron chi connectivity index (χ4n) is 3.88. The molecule has 0 unspecified atom stereocenters. The Hall–Kier alpha value is -0.240. The molecule has 4 N–H and O–H groups in total. The van der Waals surface area contributed by atoms with E-state index in [1.807, 2.05) is 0 Å². The van der Waals surface area contributed by atoms with E-state index in [1.165, 1.54) is 83.5 Å². The van der Waals surface area contributed by atoms with Gasteiger partial charge in [0.15, 0.2) is 6.29 Å². The first-order valence-electron chi connectivity index (χ1n) is 12.0. The maximum atomic E-state index is 9.91. The summed E-state index contributed by atoms with van der Waals surface area (Å²) in [6.07, 6.45) is 13.5. The summed E-state index contributed by atoms with van der Waals surface area (Å²) < 4.78 is 10.8. The second-order valence-electron chi connectivity index (χ2n) is 8.52. The van der Waals surface area contributed by atoms with Gasteiger partial charge in [-0.3, -0.25) is 0 Å². The van der Waals surface area contributed by atoms with Crippen LogP contribution in [0.5, 0.6) is 0 Å². The molecule has 1 aliphatic heterocycles. The van der Waals surface area contributed by atoms with Crippen molar-refractivity contribution in [3.63, 3.8) is 0 Å². The minimum absolute atomic E-state index is 0.427. The maximum Gasteiger partial charge on any atom is 0.186 e. The van der Waals surface area contributed by atoms with Crippen LogP contribution in [0, 0.1) is 0 Å². The van der Waals surface area contributed by atoms with Crippen LogP contribution in [0.15, 0.2) is 0 Å². The van der Waals surface area contributed by atoms with Crippen LogP contribution in [0.3, 0.4) is 0 Å². The van der Waals surface area contributed by atoms with Crippen molar-refractivity contribution in [3.8, 4) is 0 Å². The summed E-state index contributed by atoms with van der Waals surface area (Å²) in [4.78, 5) is 0. The molecule has 1 aliphatic rings. The average molecular weight is 419 g/mol. The van der Waals surface area contributed by atoms with Gasteiger partial charge in [-0.15, -0.1) is 0 Å². The molecule has 174 valence electrons. The summed E-state index contributed by atoms with van der Waals surface area (Å²) in [6, 6.07) is 0. The zero-order valence-corrected chi connectivity index (χ0v) is 18.5. The zero-order chi connectivity index (χ0) is 21.3. The predicted octanol–water partition coefficient (Wildman–Crippen LogP) is 3.67. The minimum atomic E-state index is -1.37. The van der Waals surface area contributed by atoms with Gasteiger partial charge in [0.25, 0.3) is 0 Å². The molecule has 1 heterocycles. The van der Waals surface area contributed by atoms with Crippen molar-refractivity contribution < 1.29 is 29.9 Å². The van der Waals surface area contributed by atoms with Crippen molar-refractivity contribution in [2.75, 3.05) is 13.2 Å². The summed E-state index contributed by atoms with van der Waals surface area (Å²) in [5.41, 5.74) is 0. The highest BCUT2D eigenvalue weighted by Gasteiger charge is 2.43. The van der Waals surface area contributed by atoms with Crippen molar-refractivity contribution in [1.29, 1.82) is 0 Å². The Labute approximate surface area is 177 Å². The van der Waals surface area contributed by atoms with E-state index in [4.69, 9.17) is 14.6 Å². The zero-order valence-electron chi connectivity index (χ0n) is 18.5. The third-order valence-electron chi connectivity index (χ3n) is 5.88. The van der Waals surface area contributed by atoms with Gasteiger partial charge >= 0.3 is 0 Å². The van der Waals surface area contributed by atoms with Crippen LogP contribution >= 0.6 is 0 Å². The fraction of sp³-hybridized carbons (Fsp3) is 1.00. The second kappa shape index (κ2) is 17.4. The van der Waals surface area contributed by atoms with Crippen LogP contribution in [0.25, 0.3) is 0 Å². The highest BCUT2D eigenvalue weighted by atomic mass is 16.7. The minimum Gasteiger partial charge on any atom is -0.394 e. The van der Waals surface area contributed by atoms with E-state index in [0.29, 0.717) is 6.61 Å². The summed E-state index contributed by atoms with van der Waals surface area (Å²) in [7, 11) is 0. The standard InChI is InChI=1S/C23H46O6/c1-2-3-4-5-6-7-8-9-10-11-12-13-14-15-16-17-28-23-22(27)21(26)20(25)19(18-24)29-23/h19-27H,2-18H2,1H3/t19-,20-,21+,22-,23-/m1/s1. The SMILES string of the molecule is CCCCCCCCCCCCCCCCCO[C@@H]1O[C@H](CO)[C@@H](O)[C@H](O)[C@H]1O. The molecule has 0 radical (unpaired) electrons. The molecule has 6 heteroatoms. The summed E-state index contributed by atoms with van der Waals surface area (Å²) in [6.45, 7) is 2.27. The molecule has 0 saturated carbocycles. The van der Waals surface area contributed by atoms with E-state index in [2.05, 4.69) is 6.92 Å². The van der Waals surface area contributed by atoms with Gasteiger partial charge in [-0.05, 0) is 6.42 Å². The highest BCUT2D eigenvalue weighted by Crippen LogP contribution is 2.22. The molecule has 1 saturated heterocycles. The Morgan fingerprint density at radius 1 is 0.621 bits per heavy atom. The first-order valence-corrected chi connectivity index (χ1v) is 12.0. The molecule has 0 amide bonds. The first kappa shape index (κ1) is 26.8. The molecule has 29 heavy (non-hydrogen) atoms. The van der Waals surface area contributed by atoms with Crippen molar-refractivity contribution >= 4 is 0 Å². The third kappa shape index (κ3) is 11.7. The van der Waals surface area contributed by atoms with E-state index in [1.54, 1.807) is 0 Å². The van der Waals surface area contributed by atoms with Crippen molar-refractivity contribution in [1.82, 2.24) is 0 Å². The van der Waals surface area contributed by atoms with Gasteiger partial charge in [-0.2, -0.15) is 0 Å². The third-order valence-corrected chi connectivity index (χ3v) is 5.88. The Kier molecular flexibility index (Phi) is 16.1. The first-order chi connectivity index (χ1) is 14.1. The number of unbranched alkanes of at least 4 members (excludes halogenated alkanes) is 14. The summed E-state index contributed by atoms with van der Waals surface area (Å²) in [5.74, 6) is 0. The van der Waals surface area contributed by atoms with Crippen LogP contribution in [0.1, 0.15) is 103 Å². The smallest absolute Gasteiger partial charge is 0.186 e. The lowest BCUT2D eigenvalue weighted by Crippen LogP contribution is -2.59. The molecule has 0 aliphatic carbocycles. The summed E-state index contributed by atoms with van der Waals surface area (Å²) in [5, 5.41) is 38.5. The molecule has 0 aromatic heterocycles. The van der Waals surface area contributed by atoms with Gasteiger partial charge in [-0.25, -0.2) is 0 Å². The number of aliphatic hydroxyl groups is 4. The van der Waals surface area contributed by atoms with Gasteiger partial charge in [0.2, 0.25) is 0 Å². The molecular formula is C23H46O6. The lowest BCUT2D eigenvalue weighted by atomic mass is 9.99. The van der Waals surface area contributed by atoms with Gasteiger partial charge in [0.1, 0.15) is 24.4 Å². The lowest BCUT2D eigenvalue weighted by Gasteiger charge is -2.39. The Bertz CT molecular complexity index is 365. The molecule has 6 nitrogen and oxygen atoms in total. The largest absolute Gasteiger partial charge is 0.394 e. The number of hydrogen-bond acceptors (Lipinski definition) is 6.